The van der Waals surface area contributed by atoms with Crippen molar-refractivity contribution in [1.29, 1.82) is 5.26 Å². The molecule has 0 fully saturated rings. The first-order valence-electron chi connectivity index (χ1n) is 6.63. The van der Waals surface area contributed by atoms with Gasteiger partial charge in [0.25, 0.3) is 5.91 Å². The molecule has 0 saturated carbocycles. The van der Waals surface area contributed by atoms with Gasteiger partial charge in [0.2, 0.25) is 0 Å². The van der Waals surface area contributed by atoms with Crippen LogP contribution in [-0.2, 0) is 9.53 Å². The summed E-state index contributed by atoms with van der Waals surface area (Å²) >= 11 is 0. The van der Waals surface area contributed by atoms with Crippen molar-refractivity contribution in [3.05, 3.63) is 29.8 Å². The molecule has 0 radical (unpaired) electrons. The summed E-state index contributed by atoms with van der Waals surface area (Å²) in [5.74, 6) is 0.333. The normalized spacial score (nSPS) is 10.1. The third-order valence-corrected chi connectivity index (χ3v) is 2.43. The van der Waals surface area contributed by atoms with Gasteiger partial charge in [0.05, 0.1) is 17.7 Å². The summed E-state index contributed by atoms with van der Waals surface area (Å²) in [7, 11) is 0. The fourth-order valence-corrected chi connectivity index (χ4v) is 1.47. The molecule has 0 aromatic heterocycles. The fraction of sp³-hybridized carbons (Fsp3) is 0.467. The predicted molar refractivity (Wildman–Crippen MR) is 75.4 cm³/mol. The topological polar surface area (TPSA) is 71.3 Å². The molecule has 1 rings (SSSR count). The molecular weight excluding hydrogens is 256 g/mol. The van der Waals surface area contributed by atoms with Crippen LogP contribution in [0.5, 0.6) is 5.75 Å². The molecule has 5 nitrogen and oxygen atoms in total. The van der Waals surface area contributed by atoms with Gasteiger partial charge < -0.3 is 14.8 Å². The van der Waals surface area contributed by atoms with E-state index >= 15 is 0 Å². The number of nitrogens with zero attached hydrogens (tertiary/aromatic N) is 1. The minimum absolute atomic E-state index is 0.0556. The Morgan fingerprint density at radius 2 is 2.25 bits per heavy atom. The van der Waals surface area contributed by atoms with E-state index in [9.17, 15) is 4.79 Å². The Balaban J connectivity index is 2.18. The highest BCUT2D eigenvalue weighted by atomic mass is 16.5. The van der Waals surface area contributed by atoms with Gasteiger partial charge in [-0.3, -0.25) is 4.79 Å². The molecule has 0 unspecified atom stereocenters. The van der Waals surface area contributed by atoms with Crippen molar-refractivity contribution in [3.63, 3.8) is 0 Å². The van der Waals surface area contributed by atoms with Gasteiger partial charge in [-0.2, -0.15) is 5.26 Å². The lowest BCUT2D eigenvalue weighted by Gasteiger charge is -2.09. The van der Waals surface area contributed by atoms with Crippen molar-refractivity contribution >= 4 is 5.91 Å². The van der Waals surface area contributed by atoms with Gasteiger partial charge in [0, 0.05) is 13.2 Å². The lowest BCUT2D eigenvalue weighted by atomic mass is 10.2. The van der Waals surface area contributed by atoms with Crippen LogP contribution in [0.15, 0.2) is 24.3 Å². The summed E-state index contributed by atoms with van der Waals surface area (Å²) in [6.45, 7) is 5.08. The molecule has 0 bridgehead atoms. The standard InChI is InChI=1S/C15H20N2O3/c1-12(2)19-8-4-7-17-15(18)11-20-14-6-3-5-13(9-14)10-16/h3,5-6,9,12H,4,7-8,11H2,1-2H3,(H,17,18). The van der Waals surface area contributed by atoms with E-state index in [1.165, 1.54) is 0 Å². The highest BCUT2D eigenvalue weighted by Gasteiger charge is 2.03. The maximum Gasteiger partial charge on any atom is 0.257 e. The van der Waals surface area contributed by atoms with Crippen molar-refractivity contribution in [2.24, 2.45) is 0 Å². The molecule has 5 heteroatoms. The molecule has 1 N–H and O–H groups in total. The molecule has 108 valence electrons. The van der Waals surface area contributed by atoms with Crippen molar-refractivity contribution < 1.29 is 14.3 Å². The maximum atomic E-state index is 11.5. The van der Waals surface area contributed by atoms with E-state index in [2.05, 4.69) is 5.32 Å². The van der Waals surface area contributed by atoms with E-state index in [0.29, 0.717) is 24.5 Å². The van der Waals surface area contributed by atoms with Crippen LogP contribution in [0.4, 0.5) is 0 Å². The lowest BCUT2D eigenvalue weighted by molar-refractivity contribution is -0.123. The van der Waals surface area contributed by atoms with Gasteiger partial charge in [-0.05, 0) is 38.5 Å². The van der Waals surface area contributed by atoms with E-state index in [1.54, 1.807) is 24.3 Å². The molecule has 0 aliphatic rings. The zero-order valence-electron chi connectivity index (χ0n) is 11.9. The highest BCUT2D eigenvalue weighted by molar-refractivity contribution is 5.77. The van der Waals surface area contributed by atoms with Gasteiger partial charge >= 0.3 is 0 Å². The Kier molecular flexibility index (Phi) is 7.15. The van der Waals surface area contributed by atoms with E-state index in [4.69, 9.17) is 14.7 Å². The van der Waals surface area contributed by atoms with Crippen molar-refractivity contribution in [2.45, 2.75) is 26.4 Å². The van der Waals surface area contributed by atoms with Gasteiger partial charge in [-0.15, -0.1) is 0 Å². The minimum atomic E-state index is -0.183. The number of nitriles is 1. The van der Waals surface area contributed by atoms with Crippen LogP contribution in [0.3, 0.4) is 0 Å². The number of carbonyl (C=O) groups excluding carboxylic acids is 1. The Bertz CT molecular complexity index is 466. The van der Waals surface area contributed by atoms with Gasteiger partial charge in [-0.1, -0.05) is 6.07 Å². The van der Waals surface area contributed by atoms with Crippen molar-refractivity contribution in [2.75, 3.05) is 19.8 Å². The predicted octanol–water partition coefficient (Wildman–Crippen LogP) is 1.87. The average molecular weight is 276 g/mol. The summed E-state index contributed by atoms with van der Waals surface area (Å²) in [5, 5.41) is 11.5. The first kappa shape index (κ1) is 16.0. The van der Waals surface area contributed by atoms with Crippen LogP contribution in [0.1, 0.15) is 25.8 Å². The Morgan fingerprint density at radius 1 is 1.45 bits per heavy atom. The number of carbonyl (C=O) groups is 1. The quantitative estimate of drug-likeness (QED) is 0.736. The molecule has 0 atom stereocenters. The van der Waals surface area contributed by atoms with Crippen LogP contribution in [0, 0.1) is 11.3 Å². The van der Waals surface area contributed by atoms with E-state index in [1.807, 2.05) is 19.9 Å². The zero-order valence-corrected chi connectivity index (χ0v) is 11.9. The van der Waals surface area contributed by atoms with Crippen molar-refractivity contribution in [1.82, 2.24) is 5.32 Å². The number of rotatable bonds is 8. The number of hydrogen-bond acceptors (Lipinski definition) is 4. The second kappa shape index (κ2) is 8.94. The fourth-order valence-electron chi connectivity index (χ4n) is 1.47. The number of ether oxygens (including phenoxy) is 2. The van der Waals surface area contributed by atoms with Crippen LogP contribution in [0.25, 0.3) is 0 Å². The minimum Gasteiger partial charge on any atom is -0.484 e. The maximum absolute atomic E-state index is 11.5. The number of nitrogens with one attached hydrogen (secondary N) is 1. The summed E-state index contributed by atoms with van der Waals surface area (Å²) in [6, 6.07) is 8.73. The largest absolute Gasteiger partial charge is 0.484 e. The van der Waals surface area contributed by atoms with E-state index in [0.717, 1.165) is 6.42 Å². The monoisotopic (exact) mass is 276 g/mol. The van der Waals surface area contributed by atoms with Gasteiger partial charge in [0.1, 0.15) is 5.75 Å². The molecule has 1 aromatic rings. The molecule has 1 aromatic carbocycles. The van der Waals surface area contributed by atoms with Crippen LogP contribution >= 0.6 is 0 Å². The highest BCUT2D eigenvalue weighted by Crippen LogP contribution is 2.12. The van der Waals surface area contributed by atoms with Gasteiger partial charge in [-0.25, -0.2) is 0 Å². The Labute approximate surface area is 119 Å². The van der Waals surface area contributed by atoms with E-state index < -0.39 is 0 Å². The van der Waals surface area contributed by atoms with E-state index in [-0.39, 0.29) is 18.6 Å². The molecule has 0 heterocycles. The molecule has 0 spiro atoms. The SMILES string of the molecule is CC(C)OCCCNC(=O)COc1cccc(C#N)c1. The van der Waals surface area contributed by atoms with Crippen molar-refractivity contribution in [3.8, 4) is 11.8 Å². The van der Waals surface area contributed by atoms with Crippen LogP contribution in [0.2, 0.25) is 0 Å². The smallest absolute Gasteiger partial charge is 0.257 e. The van der Waals surface area contributed by atoms with Crippen LogP contribution in [-0.4, -0.2) is 31.8 Å². The molecule has 20 heavy (non-hydrogen) atoms. The first-order valence-corrected chi connectivity index (χ1v) is 6.63. The molecule has 0 aliphatic carbocycles. The third kappa shape index (κ3) is 6.76. The number of benzene rings is 1. The molecular formula is C15H20N2O3. The number of amides is 1. The Hall–Kier alpha value is -2.06. The molecule has 1 amide bonds. The van der Waals surface area contributed by atoms with Gasteiger partial charge in [0.15, 0.2) is 6.61 Å². The second-order valence-electron chi connectivity index (χ2n) is 4.55. The summed E-state index contributed by atoms with van der Waals surface area (Å²) in [5.41, 5.74) is 0.508. The Morgan fingerprint density at radius 3 is 2.95 bits per heavy atom. The summed E-state index contributed by atoms with van der Waals surface area (Å²) < 4.78 is 10.7. The average Bonchev–Trinajstić information content (AvgIpc) is 2.44. The molecule has 0 aliphatic heterocycles. The lowest BCUT2D eigenvalue weighted by Crippen LogP contribution is -2.30. The summed E-state index contributed by atoms with van der Waals surface area (Å²) in [6.07, 6.45) is 0.981. The zero-order chi connectivity index (χ0) is 14.8. The summed E-state index contributed by atoms with van der Waals surface area (Å²) in [4.78, 5) is 11.5. The number of hydrogen-bond donors (Lipinski definition) is 1. The first-order chi connectivity index (χ1) is 9.61. The molecule has 0 saturated heterocycles. The second-order valence-corrected chi connectivity index (χ2v) is 4.55. The third-order valence-electron chi connectivity index (χ3n) is 2.43. The van der Waals surface area contributed by atoms with Crippen LogP contribution < -0.4 is 10.1 Å².